The van der Waals surface area contributed by atoms with E-state index in [0.29, 0.717) is 11.4 Å². The molecule has 5 heteroatoms. The van der Waals surface area contributed by atoms with E-state index in [2.05, 4.69) is 16.5 Å². The number of nitrogens with zero attached hydrogens (tertiary/aromatic N) is 2. The molecule has 1 aromatic carbocycles. The van der Waals surface area contributed by atoms with Crippen molar-refractivity contribution in [3.8, 4) is 11.1 Å². The van der Waals surface area contributed by atoms with Gasteiger partial charge in [0.25, 0.3) is 0 Å². The van der Waals surface area contributed by atoms with Gasteiger partial charge in [0.15, 0.2) is 14.9 Å². The van der Waals surface area contributed by atoms with Crippen molar-refractivity contribution in [3.63, 3.8) is 0 Å². The Labute approximate surface area is 112 Å². The summed E-state index contributed by atoms with van der Waals surface area (Å²) in [6.45, 7) is 5.14. The molecule has 0 spiro atoms. The van der Waals surface area contributed by atoms with Gasteiger partial charge in [0.2, 0.25) is 0 Å². The Morgan fingerprint density at radius 1 is 1.26 bits per heavy atom. The maximum Gasteiger partial charge on any atom is 0.199 e. The van der Waals surface area contributed by atoms with Gasteiger partial charge in [-0.05, 0) is 12.5 Å². The van der Waals surface area contributed by atoms with E-state index in [0.717, 1.165) is 5.56 Å². The third kappa shape index (κ3) is 2.88. The first-order valence-corrected chi connectivity index (χ1v) is 7.42. The number of sulfone groups is 1. The summed E-state index contributed by atoms with van der Waals surface area (Å²) in [5, 5.41) is 0.0612. The van der Waals surface area contributed by atoms with E-state index in [1.807, 2.05) is 30.3 Å². The van der Waals surface area contributed by atoms with E-state index < -0.39 is 9.84 Å². The van der Waals surface area contributed by atoms with Crippen molar-refractivity contribution in [1.29, 1.82) is 0 Å². The van der Waals surface area contributed by atoms with Gasteiger partial charge in [-0.3, -0.25) is 0 Å². The van der Waals surface area contributed by atoms with Crippen LogP contribution in [0.3, 0.4) is 0 Å². The molecule has 0 atom stereocenters. The fourth-order valence-corrected chi connectivity index (χ4v) is 2.98. The lowest BCUT2D eigenvalue weighted by molar-refractivity contribution is 0.594. The van der Waals surface area contributed by atoms with Gasteiger partial charge in [-0.25, -0.2) is 18.4 Å². The van der Waals surface area contributed by atoms with Gasteiger partial charge < -0.3 is 0 Å². The molecule has 1 aromatic heterocycles. The highest BCUT2D eigenvalue weighted by Gasteiger charge is 2.20. The summed E-state index contributed by atoms with van der Waals surface area (Å²) in [5.74, 6) is 0.297. The smallest absolute Gasteiger partial charge is 0.199 e. The van der Waals surface area contributed by atoms with Crippen molar-refractivity contribution in [3.05, 3.63) is 55.0 Å². The fourth-order valence-electron chi connectivity index (χ4n) is 1.74. The zero-order chi connectivity index (χ0) is 13.9. The number of aromatic nitrogens is 2. The largest absolute Gasteiger partial charge is 0.241 e. The summed E-state index contributed by atoms with van der Waals surface area (Å²) in [6, 6.07) is 9.23. The molecule has 98 valence electrons. The quantitative estimate of drug-likeness (QED) is 0.634. The first-order chi connectivity index (χ1) is 9.04. The number of benzene rings is 1. The van der Waals surface area contributed by atoms with Gasteiger partial charge in [0, 0.05) is 11.8 Å². The van der Waals surface area contributed by atoms with Crippen molar-refractivity contribution in [1.82, 2.24) is 9.97 Å². The van der Waals surface area contributed by atoms with Crippen LogP contribution in [0, 0.1) is 6.92 Å². The lowest BCUT2D eigenvalue weighted by Crippen LogP contribution is -2.10. The van der Waals surface area contributed by atoms with Gasteiger partial charge in [-0.1, -0.05) is 36.4 Å². The van der Waals surface area contributed by atoms with Crippen LogP contribution in [0.25, 0.3) is 11.1 Å². The van der Waals surface area contributed by atoms with Crippen LogP contribution in [0.1, 0.15) is 5.82 Å². The summed E-state index contributed by atoms with van der Waals surface area (Å²) in [6.07, 6.45) is 2.91. The van der Waals surface area contributed by atoms with Crippen molar-refractivity contribution in [2.45, 2.75) is 11.9 Å². The molecule has 0 aliphatic rings. The number of aryl methyl sites for hydroxylation is 1. The van der Waals surface area contributed by atoms with Crippen LogP contribution in [-0.4, -0.2) is 24.1 Å². The van der Waals surface area contributed by atoms with Gasteiger partial charge in [0.05, 0.1) is 5.75 Å². The molecule has 0 radical (unpaired) electrons. The van der Waals surface area contributed by atoms with Gasteiger partial charge in [-0.15, -0.1) is 6.58 Å². The Bertz CT molecular complexity index is 695. The first-order valence-electron chi connectivity index (χ1n) is 5.77. The molecule has 1 heterocycles. The van der Waals surface area contributed by atoms with Crippen LogP contribution in [0.2, 0.25) is 0 Å². The van der Waals surface area contributed by atoms with Gasteiger partial charge in [0.1, 0.15) is 5.82 Å². The number of hydrogen-bond acceptors (Lipinski definition) is 4. The highest BCUT2D eigenvalue weighted by atomic mass is 32.2. The predicted molar refractivity (Wildman–Crippen MR) is 74.5 cm³/mol. The van der Waals surface area contributed by atoms with Crippen molar-refractivity contribution in [2.24, 2.45) is 0 Å². The second-order valence-corrected chi connectivity index (χ2v) is 6.02. The molecule has 0 N–H and O–H groups in total. The first kappa shape index (κ1) is 13.4. The average molecular weight is 274 g/mol. The van der Waals surface area contributed by atoms with Gasteiger partial charge >= 0.3 is 0 Å². The molecule has 0 saturated carbocycles. The highest BCUT2D eigenvalue weighted by molar-refractivity contribution is 7.91. The monoisotopic (exact) mass is 274 g/mol. The van der Waals surface area contributed by atoms with E-state index in [1.165, 1.54) is 6.08 Å². The molecule has 0 bridgehead atoms. The molecule has 4 nitrogen and oxygen atoms in total. The normalized spacial score (nSPS) is 11.2. The molecule has 0 saturated heterocycles. The molecular weight excluding hydrogens is 260 g/mol. The van der Waals surface area contributed by atoms with Crippen LogP contribution < -0.4 is 0 Å². The second kappa shape index (κ2) is 5.32. The Kier molecular flexibility index (Phi) is 3.76. The van der Waals surface area contributed by atoms with Crippen LogP contribution in [-0.2, 0) is 9.84 Å². The van der Waals surface area contributed by atoms with Crippen LogP contribution >= 0.6 is 0 Å². The summed E-state index contributed by atoms with van der Waals surface area (Å²) in [4.78, 5) is 8.18. The molecule has 19 heavy (non-hydrogen) atoms. The standard InChI is InChI=1S/C14H14N2O2S/c1-3-9-19(17,18)14-13(10-15-11(2)16-14)12-7-5-4-6-8-12/h3-8,10H,1,9H2,2H3. The molecule has 0 amide bonds. The number of rotatable bonds is 4. The zero-order valence-electron chi connectivity index (χ0n) is 10.6. The Balaban J connectivity index is 2.67. The summed E-state index contributed by atoms with van der Waals surface area (Å²) >= 11 is 0. The van der Waals surface area contributed by atoms with E-state index in [9.17, 15) is 8.42 Å². The average Bonchev–Trinajstić information content (AvgIpc) is 2.39. The summed E-state index contributed by atoms with van der Waals surface area (Å²) in [5.41, 5.74) is 1.30. The minimum atomic E-state index is -3.48. The summed E-state index contributed by atoms with van der Waals surface area (Å²) < 4.78 is 24.4. The maximum atomic E-state index is 12.2. The molecule has 2 aromatic rings. The minimum absolute atomic E-state index is 0.0612. The molecule has 0 fully saturated rings. The van der Waals surface area contributed by atoms with E-state index in [-0.39, 0.29) is 10.8 Å². The predicted octanol–water partition coefficient (Wildman–Crippen LogP) is 2.41. The Hall–Kier alpha value is -2.01. The summed E-state index contributed by atoms with van der Waals surface area (Å²) in [7, 11) is -3.48. The lowest BCUT2D eigenvalue weighted by Gasteiger charge is -2.09. The Morgan fingerprint density at radius 3 is 2.58 bits per heavy atom. The van der Waals surface area contributed by atoms with Gasteiger partial charge in [-0.2, -0.15) is 0 Å². The van der Waals surface area contributed by atoms with E-state index >= 15 is 0 Å². The van der Waals surface area contributed by atoms with Crippen LogP contribution in [0.15, 0.2) is 54.2 Å². The molecule has 2 rings (SSSR count). The van der Waals surface area contributed by atoms with Crippen molar-refractivity contribution >= 4 is 9.84 Å². The molecule has 0 aliphatic heterocycles. The second-order valence-electron chi connectivity index (χ2n) is 4.07. The molecular formula is C14H14N2O2S. The highest BCUT2D eigenvalue weighted by Crippen LogP contribution is 2.25. The van der Waals surface area contributed by atoms with Crippen molar-refractivity contribution < 1.29 is 8.42 Å². The maximum absolute atomic E-state index is 12.2. The molecule has 0 aliphatic carbocycles. The SMILES string of the molecule is C=CCS(=O)(=O)c1nc(C)ncc1-c1ccccc1. The van der Waals surface area contributed by atoms with Crippen LogP contribution in [0.4, 0.5) is 0 Å². The molecule has 0 unspecified atom stereocenters. The van der Waals surface area contributed by atoms with E-state index in [4.69, 9.17) is 0 Å². The van der Waals surface area contributed by atoms with Crippen molar-refractivity contribution in [2.75, 3.05) is 5.75 Å². The Morgan fingerprint density at radius 2 is 1.95 bits per heavy atom. The fraction of sp³-hybridized carbons (Fsp3) is 0.143. The lowest BCUT2D eigenvalue weighted by atomic mass is 10.1. The van der Waals surface area contributed by atoms with Crippen LogP contribution in [0.5, 0.6) is 0 Å². The third-order valence-electron chi connectivity index (χ3n) is 2.59. The number of hydrogen-bond donors (Lipinski definition) is 0. The third-order valence-corrected chi connectivity index (χ3v) is 4.17. The van der Waals surface area contributed by atoms with E-state index in [1.54, 1.807) is 13.1 Å². The minimum Gasteiger partial charge on any atom is -0.241 e. The zero-order valence-corrected chi connectivity index (χ0v) is 11.4. The topological polar surface area (TPSA) is 59.9 Å².